The molecule has 1 rings (SSSR count). The molecule has 0 atom stereocenters. The van der Waals surface area contributed by atoms with Gasteiger partial charge in [-0.1, -0.05) is 0 Å². The lowest BCUT2D eigenvalue weighted by molar-refractivity contribution is -0.140. The van der Waals surface area contributed by atoms with E-state index in [-0.39, 0.29) is 11.7 Å². The average molecular weight is 214 g/mol. The van der Waals surface area contributed by atoms with Crippen molar-refractivity contribution in [3.63, 3.8) is 0 Å². The Morgan fingerprint density at radius 2 is 2.07 bits per heavy atom. The number of carbonyl (C=O) groups excluding carboxylic acids is 2. The zero-order chi connectivity index (χ0) is 11.3. The van der Waals surface area contributed by atoms with Gasteiger partial charge in [0.1, 0.15) is 0 Å². The van der Waals surface area contributed by atoms with Crippen LogP contribution in [0.5, 0.6) is 0 Å². The van der Waals surface area contributed by atoms with Crippen LogP contribution in [0.4, 0.5) is 0 Å². The summed E-state index contributed by atoms with van der Waals surface area (Å²) in [5, 5.41) is 0. The van der Waals surface area contributed by atoms with E-state index in [4.69, 9.17) is 4.74 Å². The van der Waals surface area contributed by atoms with E-state index in [9.17, 15) is 9.59 Å². The SMILES string of the molecule is CN(C)CCOCCN1CCC(=O)C1=O. The first kappa shape index (κ1) is 12.1. The molecule has 0 aromatic carbocycles. The van der Waals surface area contributed by atoms with Crippen LogP contribution in [0.1, 0.15) is 6.42 Å². The summed E-state index contributed by atoms with van der Waals surface area (Å²) in [5.41, 5.74) is 0. The lowest BCUT2D eigenvalue weighted by Gasteiger charge is -2.15. The van der Waals surface area contributed by atoms with Gasteiger partial charge in [-0.3, -0.25) is 9.59 Å². The van der Waals surface area contributed by atoms with Crippen LogP contribution in [0.2, 0.25) is 0 Å². The predicted molar refractivity (Wildman–Crippen MR) is 55.6 cm³/mol. The molecule has 0 N–H and O–H groups in total. The average Bonchev–Trinajstić information content (AvgIpc) is 2.48. The molecule has 0 aliphatic carbocycles. The minimum Gasteiger partial charge on any atom is -0.378 e. The summed E-state index contributed by atoms with van der Waals surface area (Å²) in [4.78, 5) is 25.7. The van der Waals surface area contributed by atoms with Crippen LogP contribution >= 0.6 is 0 Å². The highest BCUT2D eigenvalue weighted by Crippen LogP contribution is 2.05. The number of ketones is 1. The van der Waals surface area contributed by atoms with Crippen LogP contribution in [0.15, 0.2) is 0 Å². The number of amides is 1. The Morgan fingerprint density at radius 1 is 1.33 bits per heavy atom. The van der Waals surface area contributed by atoms with Crippen molar-refractivity contribution < 1.29 is 14.3 Å². The molecule has 0 aromatic heterocycles. The Morgan fingerprint density at radius 3 is 2.60 bits per heavy atom. The van der Waals surface area contributed by atoms with Crippen LogP contribution < -0.4 is 0 Å². The second-order valence-corrected chi connectivity index (χ2v) is 3.88. The molecule has 5 nitrogen and oxygen atoms in total. The fourth-order valence-corrected chi connectivity index (χ4v) is 1.36. The zero-order valence-corrected chi connectivity index (χ0v) is 9.36. The van der Waals surface area contributed by atoms with E-state index in [0.29, 0.717) is 32.7 Å². The maximum Gasteiger partial charge on any atom is 0.290 e. The Hall–Kier alpha value is -0.940. The van der Waals surface area contributed by atoms with Gasteiger partial charge in [0.05, 0.1) is 13.2 Å². The quantitative estimate of drug-likeness (QED) is 0.436. The standard InChI is InChI=1S/C10H18N2O3/c1-11(2)5-7-15-8-6-12-4-3-9(13)10(12)14/h3-8H2,1-2H3. The van der Waals surface area contributed by atoms with Crippen LogP contribution in [0.3, 0.4) is 0 Å². The minimum absolute atomic E-state index is 0.275. The van der Waals surface area contributed by atoms with Crippen molar-refractivity contribution in [1.29, 1.82) is 0 Å². The minimum atomic E-state index is -0.355. The highest BCUT2D eigenvalue weighted by atomic mass is 16.5. The largest absolute Gasteiger partial charge is 0.378 e. The molecular formula is C10H18N2O3. The molecule has 1 aliphatic rings. The Balaban J connectivity index is 2.06. The van der Waals surface area contributed by atoms with Crippen molar-refractivity contribution in [1.82, 2.24) is 9.80 Å². The molecule has 0 bridgehead atoms. The smallest absolute Gasteiger partial charge is 0.290 e. The number of rotatable bonds is 6. The van der Waals surface area contributed by atoms with Crippen LogP contribution in [-0.4, -0.2) is 68.4 Å². The van der Waals surface area contributed by atoms with Gasteiger partial charge in [-0.15, -0.1) is 0 Å². The molecule has 0 unspecified atom stereocenters. The molecule has 1 heterocycles. The molecule has 0 saturated carbocycles. The number of nitrogens with zero attached hydrogens (tertiary/aromatic N) is 2. The van der Waals surface area contributed by atoms with Crippen molar-refractivity contribution >= 4 is 11.7 Å². The van der Waals surface area contributed by atoms with Gasteiger partial charge in [-0.05, 0) is 14.1 Å². The van der Waals surface area contributed by atoms with E-state index in [1.807, 2.05) is 19.0 Å². The zero-order valence-electron chi connectivity index (χ0n) is 9.36. The third-order valence-corrected chi connectivity index (χ3v) is 2.32. The summed E-state index contributed by atoms with van der Waals surface area (Å²) in [5.74, 6) is -0.630. The molecule has 1 amide bonds. The second kappa shape index (κ2) is 5.82. The third-order valence-electron chi connectivity index (χ3n) is 2.32. The summed E-state index contributed by atoms with van der Waals surface area (Å²) in [7, 11) is 3.96. The molecule has 1 aliphatic heterocycles. The maximum absolute atomic E-state index is 11.2. The summed E-state index contributed by atoms with van der Waals surface area (Å²) in [6.45, 7) is 3.11. The first-order valence-corrected chi connectivity index (χ1v) is 5.16. The van der Waals surface area contributed by atoms with E-state index >= 15 is 0 Å². The summed E-state index contributed by atoms with van der Waals surface area (Å²) >= 11 is 0. The molecule has 15 heavy (non-hydrogen) atoms. The number of likely N-dealkylation sites (N-methyl/N-ethyl adjacent to an activating group) is 1. The Kier molecular flexibility index (Phi) is 4.71. The number of hydrogen-bond donors (Lipinski definition) is 0. The van der Waals surface area contributed by atoms with Gasteiger partial charge in [0.25, 0.3) is 5.91 Å². The molecule has 1 saturated heterocycles. The molecule has 1 fully saturated rings. The number of ether oxygens (including phenoxy) is 1. The van der Waals surface area contributed by atoms with E-state index in [0.717, 1.165) is 6.54 Å². The summed E-state index contributed by atoms with van der Waals surface area (Å²) in [6.07, 6.45) is 0.358. The van der Waals surface area contributed by atoms with Gasteiger partial charge in [-0.2, -0.15) is 0 Å². The first-order chi connectivity index (χ1) is 7.11. The summed E-state index contributed by atoms with van der Waals surface area (Å²) in [6, 6.07) is 0. The van der Waals surface area contributed by atoms with Crippen LogP contribution in [-0.2, 0) is 14.3 Å². The summed E-state index contributed by atoms with van der Waals surface area (Å²) < 4.78 is 5.34. The molecular weight excluding hydrogens is 196 g/mol. The normalized spacial score (nSPS) is 16.9. The molecule has 0 radical (unpaired) electrons. The number of hydrogen-bond acceptors (Lipinski definition) is 4. The van der Waals surface area contributed by atoms with Crippen molar-refractivity contribution in [3.8, 4) is 0 Å². The molecule has 0 aromatic rings. The third kappa shape index (κ3) is 3.97. The number of likely N-dealkylation sites (tertiary alicyclic amines) is 1. The van der Waals surface area contributed by atoms with Crippen molar-refractivity contribution in [2.75, 3.05) is 46.9 Å². The van der Waals surface area contributed by atoms with Crippen molar-refractivity contribution in [2.24, 2.45) is 0 Å². The maximum atomic E-state index is 11.2. The fourth-order valence-electron chi connectivity index (χ4n) is 1.36. The van der Waals surface area contributed by atoms with Gasteiger partial charge in [0.2, 0.25) is 5.78 Å². The van der Waals surface area contributed by atoms with Crippen LogP contribution in [0, 0.1) is 0 Å². The van der Waals surface area contributed by atoms with Gasteiger partial charge in [0, 0.05) is 26.1 Å². The van der Waals surface area contributed by atoms with E-state index < -0.39 is 0 Å². The van der Waals surface area contributed by atoms with E-state index in [2.05, 4.69) is 0 Å². The lowest BCUT2D eigenvalue weighted by Crippen LogP contribution is -2.31. The fraction of sp³-hybridized carbons (Fsp3) is 0.800. The van der Waals surface area contributed by atoms with E-state index in [1.165, 1.54) is 0 Å². The predicted octanol–water partition coefficient (Wildman–Crippen LogP) is -0.634. The highest BCUT2D eigenvalue weighted by Gasteiger charge is 2.28. The van der Waals surface area contributed by atoms with E-state index in [1.54, 1.807) is 4.90 Å². The molecule has 0 spiro atoms. The second-order valence-electron chi connectivity index (χ2n) is 3.88. The van der Waals surface area contributed by atoms with Gasteiger partial charge < -0.3 is 14.5 Å². The van der Waals surface area contributed by atoms with Crippen molar-refractivity contribution in [2.45, 2.75) is 6.42 Å². The van der Waals surface area contributed by atoms with Gasteiger partial charge in [0.15, 0.2) is 0 Å². The topological polar surface area (TPSA) is 49.9 Å². The van der Waals surface area contributed by atoms with Gasteiger partial charge >= 0.3 is 0 Å². The Labute approximate surface area is 90.0 Å². The Bertz CT molecular complexity index is 241. The monoisotopic (exact) mass is 214 g/mol. The lowest BCUT2D eigenvalue weighted by atomic mass is 10.3. The highest BCUT2D eigenvalue weighted by molar-refractivity contribution is 6.37. The van der Waals surface area contributed by atoms with Crippen molar-refractivity contribution in [3.05, 3.63) is 0 Å². The van der Waals surface area contributed by atoms with Crippen LogP contribution in [0.25, 0.3) is 0 Å². The first-order valence-electron chi connectivity index (χ1n) is 5.16. The molecule has 86 valence electrons. The number of Topliss-reactive ketones (excluding diaryl/α,β-unsaturated/α-hetero) is 1. The number of carbonyl (C=O) groups is 2. The molecule has 5 heteroatoms. The van der Waals surface area contributed by atoms with Gasteiger partial charge in [-0.25, -0.2) is 0 Å².